The van der Waals surface area contributed by atoms with Crippen molar-refractivity contribution in [3.63, 3.8) is 0 Å². The molecule has 0 saturated heterocycles. The van der Waals surface area contributed by atoms with Crippen LogP contribution in [0.15, 0.2) is 85.1 Å². The van der Waals surface area contributed by atoms with Gasteiger partial charge in [-0.15, -0.1) is 0 Å². The van der Waals surface area contributed by atoms with Gasteiger partial charge in [-0.3, -0.25) is 4.79 Å². The number of carbonyl (C=O) groups is 1. The normalized spacial score (nSPS) is 13.3. The fourth-order valence-electron chi connectivity index (χ4n) is 9.93. The van der Waals surface area contributed by atoms with Gasteiger partial charge in [0.15, 0.2) is 0 Å². The Kier molecular flexibility index (Phi) is 62.7. The summed E-state index contributed by atoms with van der Waals surface area (Å²) in [6.45, 7) is 4.21. The van der Waals surface area contributed by atoms with E-state index in [1.165, 1.54) is 250 Å². The summed E-state index contributed by atoms with van der Waals surface area (Å²) < 4.78 is 0. The molecule has 0 bridgehead atoms. The molecule has 1 amide bonds. The van der Waals surface area contributed by atoms with Crippen LogP contribution in [0.4, 0.5) is 0 Å². The van der Waals surface area contributed by atoms with Gasteiger partial charge in [-0.25, -0.2) is 0 Å². The first kappa shape index (κ1) is 71.6. The van der Waals surface area contributed by atoms with Gasteiger partial charge >= 0.3 is 0 Å². The van der Waals surface area contributed by atoms with Crippen LogP contribution in [0.2, 0.25) is 0 Å². The van der Waals surface area contributed by atoms with Gasteiger partial charge in [0.05, 0.1) is 18.8 Å². The zero-order valence-electron chi connectivity index (χ0n) is 49.6. The first-order valence-corrected chi connectivity index (χ1v) is 32.8. The van der Waals surface area contributed by atoms with Crippen molar-refractivity contribution >= 4 is 5.91 Å². The minimum Gasteiger partial charge on any atom is -0.394 e. The zero-order chi connectivity index (χ0) is 53.4. The summed E-state index contributed by atoms with van der Waals surface area (Å²) >= 11 is 0. The minimum absolute atomic E-state index is 0.0696. The molecule has 0 saturated carbocycles. The molecule has 0 spiro atoms. The Balaban J connectivity index is 3.48. The van der Waals surface area contributed by atoms with Gasteiger partial charge in [0.25, 0.3) is 0 Å². The number of unbranched alkanes of at least 4 members (excludes halogenated alkanes) is 41. The third-order valence-electron chi connectivity index (χ3n) is 14.9. The molecule has 4 nitrogen and oxygen atoms in total. The van der Waals surface area contributed by atoms with Crippen LogP contribution in [-0.2, 0) is 4.79 Å². The molecule has 0 aliphatic carbocycles. The molecule has 0 aliphatic heterocycles. The molecule has 4 heteroatoms. The lowest BCUT2D eigenvalue weighted by molar-refractivity contribution is -0.123. The molecule has 0 heterocycles. The molecule has 2 atom stereocenters. The average Bonchev–Trinajstić information content (AvgIpc) is 3.40. The van der Waals surface area contributed by atoms with Crippen LogP contribution in [0.1, 0.15) is 335 Å². The molecular weight excluding hydrogens is 903 g/mol. The summed E-state index contributed by atoms with van der Waals surface area (Å²) in [7, 11) is 0. The Labute approximate surface area is 462 Å². The van der Waals surface area contributed by atoms with E-state index in [0.29, 0.717) is 6.42 Å². The molecular formula is C70H127NO3. The Morgan fingerprint density at radius 3 is 0.946 bits per heavy atom. The van der Waals surface area contributed by atoms with Crippen LogP contribution >= 0.6 is 0 Å². The van der Waals surface area contributed by atoms with Crippen molar-refractivity contribution in [1.29, 1.82) is 0 Å². The van der Waals surface area contributed by atoms with E-state index in [9.17, 15) is 15.0 Å². The molecule has 0 aromatic carbocycles. The fourth-order valence-corrected chi connectivity index (χ4v) is 9.93. The van der Waals surface area contributed by atoms with Gasteiger partial charge in [0.2, 0.25) is 5.91 Å². The van der Waals surface area contributed by atoms with E-state index in [4.69, 9.17) is 0 Å². The smallest absolute Gasteiger partial charge is 0.220 e. The monoisotopic (exact) mass is 1030 g/mol. The number of amides is 1. The predicted molar refractivity (Wildman–Crippen MR) is 331 cm³/mol. The van der Waals surface area contributed by atoms with E-state index in [1.54, 1.807) is 6.08 Å². The molecule has 430 valence electrons. The maximum Gasteiger partial charge on any atom is 0.220 e. The van der Waals surface area contributed by atoms with E-state index < -0.39 is 12.1 Å². The summed E-state index contributed by atoms with van der Waals surface area (Å²) in [5.41, 5.74) is 0. The molecule has 3 N–H and O–H groups in total. The standard InChI is InChI=1S/C70H127NO3/c1-3-5-7-9-11-13-15-17-19-21-23-25-27-29-30-31-32-33-34-35-36-37-38-39-40-42-44-46-48-50-52-54-56-58-60-62-64-66-70(74)71-68(67-72)69(73)65-63-61-59-57-55-53-51-49-47-45-43-41-28-26-24-22-20-18-16-14-12-10-8-6-4-2/h5,7,11,13,17,19,23,25,29-30,55,57,63,65,68-69,72-73H,3-4,6,8-10,12,14-16,18,20-22,24,26-28,31-54,56,58-62,64,66-67H2,1-2H3,(H,71,74)/b7-5-,13-11-,19-17-,25-23-,30-29-,57-55+,65-63+. The predicted octanol–water partition coefficient (Wildman–Crippen LogP) is 22.3. The lowest BCUT2D eigenvalue weighted by atomic mass is 10.0. The minimum atomic E-state index is -0.865. The number of allylic oxidation sites excluding steroid dienone is 13. The second-order valence-electron chi connectivity index (χ2n) is 22.1. The van der Waals surface area contributed by atoms with Crippen LogP contribution in [0.3, 0.4) is 0 Å². The second-order valence-corrected chi connectivity index (χ2v) is 22.1. The maximum atomic E-state index is 12.5. The molecule has 0 fully saturated rings. The number of carbonyl (C=O) groups excluding carboxylic acids is 1. The molecule has 74 heavy (non-hydrogen) atoms. The fraction of sp³-hybridized carbons (Fsp3) is 0.786. The number of hydrogen-bond acceptors (Lipinski definition) is 3. The lowest BCUT2D eigenvalue weighted by Gasteiger charge is -2.19. The Hall–Kier alpha value is -2.43. The first-order chi connectivity index (χ1) is 36.7. The second kappa shape index (κ2) is 64.9. The van der Waals surface area contributed by atoms with Crippen molar-refractivity contribution < 1.29 is 15.0 Å². The van der Waals surface area contributed by atoms with E-state index in [2.05, 4.69) is 92.1 Å². The Morgan fingerprint density at radius 2 is 0.608 bits per heavy atom. The van der Waals surface area contributed by atoms with Crippen molar-refractivity contribution in [2.24, 2.45) is 0 Å². The topological polar surface area (TPSA) is 69.6 Å². The van der Waals surface area contributed by atoms with Gasteiger partial charge < -0.3 is 15.5 Å². The average molecular weight is 1030 g/mol. The van der Waals surface area contributed by atoms with Gasteiger partial charge in [-0.2, -0.15) is 0 Å². The quantitative estimate of drug-likeness (QED) is 0.0420. The molecule has 0 rings (SSSR count). The largest absolute Gasteiger partial charge is 0.394 e. The highest BCUT2D eigenvalue weighted by Gasteiger charge is 2.18. The summed E-state index contributed by atoms with van der Waals surface area (Å²) in [6.07, 6.45) is 95.1. The van der Waals surface area contributed by atoms with Crippen LogP contribution in [-0.4, -0.2) is 34.9 Å². The molecule has 0 aliphatic rings. The van der Waals surface area contributed by atoms with Crippen molar-refractivity contribution in [3.05, 3.63) is 85.1 Å². The van der Waals surface area contributed by atoms with Crippen LogP contribution in [0.5, 0.6) is 0 Å². The van der Waals surface area contributed by atoms with Crippen molar-refractivity contribution in [3.8, 4) is 0 Å². The van der Waals surface area contributed by atoms with Crippen molar-refractivity contribution in [2.75, 3.05) is 6.61 Å². The van der Waals surface area contributed by atoms with E-state index >= 15 is 0 Å². The molecule has 2 unspecified atom stereocenters. The molecule has 0 radical (unpaired) electrons. The van der Waals surface area contributed by atoms with Crippen LogP contribution in [0, 0.1) is 0 Å². The van der Waals surface area contributed by atoms with Crippen molar-refractivity contribution in [2.45, 2.75) is 347 Å². The highest BCUT2D eigenvalue weighted by Crippen LogP contribution is 2.18. The van der Waals surface area contributed by atoms with E-state index in [0.717, 1.165) is 64.2 Å². The Bertz CT molecular complexity index is 1310. The third-order valence-corrected chi connectivity index (χ3v) is 14.9. The van der Waals surface area contributed by atoms with Crippen molar-refractivity contribution in [1.82, 2.24) is 5.32 Å². The van der Waals surface area contributed by atoms with Gasteiger partial charge in [-0.1, -0.05) is 336 Å². The molecule has 0 aromatic rings. The highest BCUT2D eigenvalue weighted by molar-refractivity contribution is 5.76. The third kappa shape index (κ3) is 60.4. The Morgan fingerprint density at radius 1 is 0.338 bits per heavy atom. The number of aliphatic hydroxyl groups excluding tert-OH is 2. The highest BCUT2D eigenvalue weighted by atomic mass is 16.3. The molecule has 0 aromatic heterocycles. The van der Waals surface area contributed by atoms with E-state index in [-0.39, 0.29) is 12.5 Å². The summed E-state index contributed by atoms with van der Waals surface area (Å²) in [5.74, 6) is -0.0696. The number of rotatable bonds is 60. The first-order valence-electron chi connectivity index (χ1n) is 32.8. The van der Waals surface area contributed by atoms with Crippen LogP contribution in [0.25, 0.3) is 0 Å². The van der Waals surface area contributed by atoms with Crippen LogP contribution < -0.4 is 5.32 Å². The SMILES string of the molecule is CC/C=C\C/C=C\C/C=C\C/C=C\C/C=C\CCCCCCCCCCCCCCCCCCCCCCCC(=O)NC(CO)C(O)/C=C/CC/C=C/CCCCCCCCCCCCCCCCCCCCC. The summed E-state index contributed by atoms with van der Waals surface area (Å²) in [5, 5.41) is 23.2. The summed E-state index contributed by atoms with van der Waals surface area (Å²) in [4.78, 5) is 12.5. The lowest BCUT2D eigenvalue weighted by Crippen LogP contribution is -2.45. The maximum absolute atomic E-state index is 12.5. The summed E-state index contributed by atoms with van der Waals surface area (Å²) in [6, 6.07) is -0.642. The van der Waals surface area contributed by atoms with Gasteiger partial charge in [0.1, 0.15) is 0 Å². The van der Waals surface area contributed by atoms with Gasteiger partial charge in [-0.05, 0) is 77.0 Å². The van der Waals surface area contributed by atoms with Gasteiger partial charge in [0, 0.05) is 6.42 Å². The number of aliphatic hydroxyl groups is 2. The zero-order valence-corrected chi connectivity index (χ0v) is 49.6. The van der Waals surface area contributed by atoms with E-state index in [1.807, 2.05) is 6.08 Å². The number of hydrogen-bond donors (Lipinski definition) is 3. The number of nitrogens with one attached hydrogen (secondary N) is 1.